The van der Waals surface area contributed by atoms with Crippen molar-refractivity contribution >= 4 is 35.0 Å². The fourth-order valence-electron chi connectivity index (χ4n) is 5.45. The molecule has 3 heterocycles. The first-order chi connectivity index (χ1) is 14.8. The van der Waals surface area contributed by atoms with Crippen LogP contribution in [0.4, 0.5) is 0 Å². The molecule has 3 aliphatic heterocycles. The molecule has 6 rings (SSSR count). The van der Waals surface area contributed by atoms with Crippen LogP contribution in [0, 0.1) is 11.3 Å². The number of nitrogens with one attached hydrogen (secondary N) is 2. The zero-order valence-corrected chi connectivity index (χ0v) is 19.6. The third-order valence-electron chi connectivity index (χ3n) is 8.04. The van der Waals surface area contributed by atoms with Crippen LogP contribution in [0.2, 0.25) is 10.0 Å². The van der Waals surface area contributed by atoms with Crippen molar-refractivity contribution in [3.8, 4) is 0 Å². The molecule has 0 spiro atoms. The molecule has 1 aromatic carbocycles. The molecule has 0 radical (unpaired) electrons. The summed E-state index contributed by atoms with van der Waals surface area (Å²) in [7, 11) is 0. The fraction of sp³-hybridized carbons (Fsp3) is 0.667. The molecule has 2 amide bonds. The summed E-state index contributed by atoms with van der Waals surface area (Å²) in [6, 6.07) is 5.01. The molecule has 2 atom stereocenters. The van der Waals surface area contributed by atoms with E-state index in [0.29, 0.717) is 22.4 Å². The second kappa shape index (κ2) is 7.93. The van der Waals surface area contributed by atoms with E-state index in [-0.39, 0.29) is 23.3 Å². The van der Waals surface area contributed by atoms with E-state index in [4.69, 9.17) is 23.2 Å². The van der Waals surface area contributed by atoms with Crippen molar-refractivity contribution < 1.29 is 9.59 Å². The van der Waals surface area contributed by atoms with Crippen molar-refractivity contribution in [2.75, 3.05) is 19.6 Å². The van der Waals surface area contributed by atoms with E-state index in [1.54, 1.807) is 12.1 Å². The van der Waals surface area contributed by atoms with E-state index >= 15 is 0 Å². The molecule has 5 nitrogen and oxygen atoms in total. The quantitative estimate of drug-likeness (QED) is 0.644. The lowest BCUT2D eigenvalue weighted by molar-refractivity contribution is -0.132. The Balaban J connectivity index is 1.30. The Bertz CT molecular complexity index is 889. The van der Waals surface area contributed by atoms with Crippen molar-refractivity contribution in [1.82, 2.24) is 15.5 Å². The number of hydrogen-bond acceptors (Lipinski definition) is 3. The summed E-state index contributed by atoms with van der Waals surface area (Å²) >= 11 is 12.5. The molecule has 2 bridgehead atoms. The fourth-order valence-corrected chi connectivity index (χ4v) is 6.04. The number of hydrogen-bond donors (Lipinski definition) is 2. The Morgan fingerprint density at radius 1 is 1.16 bits per heavy atom. The monoisotopic (exact) mass is 463 g/mol. The Morgan fingerprint density at radius 2 is 1.87 bits per heavy atom. The molecule has 2 N–H and O–H groups in total. The Hall–Kier alpha value is -1.30. The highest BCUT2D eigenvalue weighted by Crippen LogP contribution is 2.52. The van der Waals surface area contributed by atoms with Gasteiger partial charge in [0.05, 0.1) is 5.41 Å². The maximum Gasteiger partial charge on any atom is 0.242 e. The summed E-state index contributed by atoms with van der Waals surface area (Å²) in [5.41, 5.74) is 0.324. The first-order valence-electron chi connectivity index (χ1n) is 11.6. The maximum atomic E-state index is 13.4. The van der Waals surface area contributed by atoms with E-state index in [0.717, 1.165) is 63.7 Å². The van der Waals surface area contributed by atoms with E-state index in [9.17, 15) is 9.59 Å². The van der Waals surface area contributed by atoms with Crippen molar-refractivity contribution in [2.24, 2.45) is 11.3 Å². The normalized spacial score (nSPS) is 30.4. The lowest BCUT2D eigenvalue weighted by Gasteiger charge is -2.45. The van der Waals surface area contributed by atoms with Gasteiger partial charge in [-0.05, 0) is 87.1 Å². The number of carbonyl (C=O) groups is 2. The number of nitrogens with zero attached hydrogens (tertiary/aromatic N) is 1. The van der Waals surface area contributed by atoms with Crippen LogP contribution in [0.25, 0.3) is 0 Å². The molecule has 5 aliphatic rings. The van der Waals surface area contributed by atoms with Crippen LogP contribution in [-0.2, 0) is 15.0 Å². The second-order valence-corrected chi connectivity index (χ2v) is 11.3. The average molecular weight is 464 g/mol. The predicted octanol–water partition coefficient (Wildman–Crippen LogP) is 3.91. The van der Waals surface area contributed by atoms with Crippen LogP contribution < -0.4 is 10.6 Å². The number of amides is 2. The van der Waals surface area contributed by atoms with Gasteiger partial charge >= 0.3 is 0 Å². The average Bonchev–Trinajstić information content (AvgIpc) is 3.66. The number of halogens is 2. The highest BCUT2D eigenvalue weighted by atomic mass is 35.5. The Kier molecular flexibility index (Phi) is 5.51. The van der Waals surface area contributed by atoms with Crippen LogP contribution in [0.1, 0.15) is 57.4 Å². The summed E-state index contributed by atoms with van der Waals surface area (Å²) in [6.45, 7) is 5.41. The Labute approximate surface area is 194 Å². The third-order valence-corrected chi connectivity index (χ3v) is 8.59. The predicted molar refractivity (Wildman–Crippen MR) is 122 cm³/mol. The topological polar surface area (TPSA) is 61.4 Å². The number of benzene rings is 1. The van der Waals surface area contributed by atoms with Gasteiger partial charge in [0.1, 0.15) is 6.04 Å². The highest BCUT2D eigenvalue weighted by molar-refractivity contribution is 6.35. The molecule has 2 unspecified atom stereocenters. The molecule has 5 fully saturated rings. The smallest absolute Gasteiger partial charge is 0.242 e. The van der Waals surface area contributed by atoms with E-state index in [2.05, 4.69) is 22.5 Å². The molecular formula is C24H31Cl2N3O2. The van der Waals surface area contributed by atoms with Crippen molar-refractivity contribution in [1.29, 1.82) is 0 Å². The highest BCUT2D eigenvalue weighted by Gasteiger charge is 2.53. The van der Waals surface area contributed by atoms with Crippen LogP contribution in [0.15, 0.2) is 18.2 Å². The molecule has 2 aliphatic carbocycles. The summed E-state index contributed by atoms with van der Waals surface area (Å²) in [5, 5.41) is 7.50. The van der Waals surface area contributed by atoms with E-state index in [1.165, 1.54) is 0 Å². The van der Waals surface area contributed by atoms with Gasteiger partial charge in [0.2, 0.25) is 11.8 Å². The summed E-state index contributed by atoms with van der Waals surface area (Å²) in [5.74, 6) is 0.442. The van der Waals surface area contributed by atoms with Gasteiger partial charge in [0, 0.05) is 22.6 Å². The van der Waals surface area contributed by atoms with Gasteiger partial charge in [-0.25, -0.2) is 0 Å². The molecule has 168 valence electrons. The number of fused-ring (bicyclic) bond motifs is 3. The van der Waals surface area contributed by atoms with Crippen LogP contribution in [-0.4, -0.2) is 48.4 Å². The molecule has 1 aromatic rings. The lowest BCUT2D eigenvalue weighted by Crippen LogP contribution is -2.60. The van der Waals surface area contributed by atoms with Crippen LogP contribution in [0.5, 0.6) is 0 Å². The van der Waals surface area contributed by atoms with Crippen LogP contribution >= 0.6 is 23.2 Å². The van der Waals surface area contributed by atoms with Gasteiger partial charge in [-0.1, -0.05) is 36.2 Å². The van der Waals surface area contributed by atoms with Crippen molar-refractivity contribution in [3.63, 3.8) is 0 Å². The number of rotatable bonds is 7. The zero-order chi connectivity index (χ0) is 21.8. The SMILES string of the molecule is CC1(CC(NC(=O)C2(c3ccc(Cl)cc3Cl)CC2)C(=O)NC2CN3CCC2CC3)CC1. The molecule has 31 heavy (non-hydrogen) atoms. The minimum Gasteiger partial charge on any atom is -0.350 e. The second-order valence-electron chi connectivity index (χ2n) is 10.5. The summed E-state index contributed by atoms with van der Waals surface area (Å²) in [6.07, 6.45) is 6.70. The van der Waals surface area contributed by atoms with Gasteiger partial charge in [0.25, 0.3) is 0 Å². The van der Waals surface area contributed by atoms with Gasteiger partial charge in [-0.2, -0.15) is 0 Å². The molecule has 3 saturated heterocycles. The number of piperidine rings is 3. The molecule has 0 aromatic heterocycles. The van der Waals surface area contributed by atoms with Crippen LogP contribution in [0.3, 0.4) is 0 Å². The largest absolute Gasteiger partial charge is 0.350 e. The van der Waals surface area contributed by atoms with Crippen molar-refractivity contribution in [3.05, 3.63) is 33.8 Å². The first-order valence-corrected chi connectivity index (χ1v) is 12.3. The minimum atomic E-state index is -0.639. The van der Waals surface area contributed by atoms with Crippen molar-refractivity contribution in [2.45, 2.75) is 69.4 Å². The third kappa shape index (κ3) is 4.34. The Morgan fingerprint density at radius 3 is 2.42 bits per heavy atom. The van der Waals surface area contributed by atoms with Gasteiger partial charge < -0.3 is 15.5 Å². The van der Waals surface area contributed by atoms with Gasteiger partial charge in [-0.3, -0.25) is 9.59 Å². The maximum absolute atomic E-state index is 13.4. The zero-order valence-electron chi connectivity index (χ0n) is 18.1. The lowest BCUT2D eigenvalue weighted by atomic mass is 9.83. The standard InChI is InChI=1S/C24H31Cl2N3O2/c1-23(6-7-23)13-19(21(30)27-20-14-29-10-4-15(20)5-11-29)28-22(31)24(8-9-24)17-3-2-16(25)12-18(17)26/h2-3,12,15,19-20H,4-11,13-14H2,1H3,(H,27,30)(H,28,31). The first kappa shape index (κ1) is 21.5. The summed E-state index contributed by atoms with van der Waals surface area (Å²) in [4.78, 5) is 29.2. The number of carbonyl (C=O) groups excluding carboxylic acids is 2. The summed E-state index contributed by atoms with van der Waals surface area (Å²) < 4.78 is 0. The van der Waals surface area contributed by atoms with Gasteiger partial charge in [-0.15, -0.1) is 0 Å². The minimum absolute atomic E-state index is 0.0294. The molecule has 7 heteroatoms. The molecular weight excluding hydrogens is 433 g/mol. The molecule has 2 saturated carbocycles. The van der Waals surface area contributed by atoms with E-state index in [1.807, 2.05) is 6.07 Å². The van der Waals surface area contributed by atoms with E-state index < -0.39 is 11.5 Å². The van der Waals surface area contributed by atoms with Gasteiger partial charge in [0.15, 0.2) is 0 Å².